The molecule has 0 saturated carbocycles. The van der Waals surface area contributed by atoms with Gasteiger partial charge in [-0.2, -0.15) is 0 Å². The molecule has 1 unspecified atom stereocenters. The molecule has 0 bridgehead atoms. The Hall–Kier alpha value is -1.65. The standard InChI is InChI=1S/C20H28N4O2S.HI/c1-16-8-7-9-18(14-16)17(2)15-23-20(21-3)22-12-13-24-27(25,26)19-10-5-4-6-11-19;/h4-11,14,17,24H,12-13,15H2,1-3H3,(H2,21,22,23);1H. The van der Waals surface area contributed by atoms with Crippen molar-refractivity contribution in [2.24, 2.45) is 4.99 Å². The van der Waals surface area contributed by atoms with Gasteiger partial charge in [-0.15, -0.1) is 24.0 Å². The quantitative estimate of drug-likeness (QED) is 0.218. The number of nitrogens with zero attached hydrogens (tertiary/aromatic N) is 1. The molecule has 0 aliphatic heterocycles. The van der Waals surface area contributed by atoms with Gasteiger partial charge < -0.3 is 10.6 Å². The molecule has 2 aromatic rings. The third-order valence-corrected chi connectivity index (χ3v) is 5.65. The van der Waals surface area contributed by atoms with Crippen LogP contribution in [0.3, 0.4) is 0 Å². The molecule has 8 heteroatoms. The van der Waals surface area contributed by atoms with E-state index in [1.54, 1.807) is 37.4 Å². The zero-order chi connectivity index (χ0) is 19.7. The Balaban J connectivity index is 0.00000392. The van der Waals surface area contributed by atoms with Crippen molar-refractivity contribution in [3.63, 3.8) is 0 Å². The Morgan fingerprint density at radius 2 is 1.75 bits per heavy atom. The van der Waals surface area contributed by atoms with E-state index in [4.69, 9.17) is 0 Å². The Bertz CT molecular complexity index is 858. The minimum atomic E-state index is -3.48. The van der Waals surface area contributed by atoms with Crippen molar-refractivity contribution in [3.05, 3.63) is 65.7 Å². The average Bonchev–Trinajstić information content (AvgIpc) is 2.68. The molecular formula is C20H29IN4O2S. The Kier molecular flexibility index (Phi) is 10.5. The van der Waals surface area contributed by atoms with Gasteiger partial charge in [0.15, 0.2) is 5.96 Å². The maximum atomic E-state index is 12.2. The second-order valence-corrected chi connectivity index (χ2v) is 8.17. The van der Waals surface area contributed by atoms with Gasteiger partial charge >= 0.3 is 0 Å². The van der Waals surface area contributed by atoms with E-state index in [1.807, 2.05) is 0 Å². The van der Waals surface area contributed by atoms with E-state index in [2.05, 4.69) is 58.5 Å². The molecule has 2 rings (SSSR count). The highest BCUT2D eigenvalue weighted by Crippen LogP contribution is 2.15. The number of aliphatic imine (C=N–C) groups is 1. The van der Waals surface area contributed by atoms with Gasteiger partial charge in [0, 0.05) is 26.7 Å². The van der Waals surface area contributed by atoms with Crippen molar-refractivity contribution >= 4 is 40.0 Å². The number of nitrogens with one attached hydrogen (secondary N) is 3. The number of halogens is 1. The van der Waals surface area contributed by atoms with Crippen LogP contribution in [0.1, 0.15) is 24.0 Å². The van der Waals surface area contributed by atoms with Gasteiger partial charge in [-0.1, -0.05) is 55.0 Å². The molecule has 0 saturated heterocycles. The molecule has 6 nitrogen and oxygen atoms in total. The number of guanidine groups is 1. The van der Waals surface area contributed by atoms with Crippen molar-refractivity contribution in [1.82, 2.24) is 15.4 Å². The van der Waals surface area contributed by atoms with Gasteiger partial charge in [0.2, 0.25) is 10.0 Å². The van der Waals surface area contributed by atoms with E-state index in [-0.39, 0.29) is 35.4 Å². The molecule has 154 valence electrons. The molecule has 0 fully saturated rings. The van der Waals surface area contributed by atoms with Crippen LogP contribution in [0.25, 0.3) is 0 Å². The normalized spacial score (nSPS) is 12.8. The summed E-state index contributed by atoms with van der Waals surface area (Å²) in [6, 6.07) is 16.8. The van der Waals surface area contributed by atoms with Crippen LogP contribution in [0.15, 0.2) is 64.5 Å². The topological polar surface area (TPSA) is 82.6 Å². The first-order valence-corrected chi connectivity index (χ1v) is 10.5. The molecule has 0 amide bonds. The highest BCUT2D eigenvalue weighted by atomic mass is 127. The average molecular weight is 516 g/mol. The molecule has 0 spiro atoms. The van der Waals surface area contributed by atoms with Crippen molar-refractivity contribution < 1.29 is 8.42 Å². The van der Waals surface area contributed by atoms with Gasteiger partial charge in [-0.3, -0.25) is 4.99 Å². The van der Waals surface area contributed by atoms with Crippen LogP contribution < -0.4 is 15.4 Å². The zero-order valence-electron chi connectivity index (χ0n) is 16.5. The first kappa shape index (κ1) is 24.4. The van der Waals surface area contributed by atoms with Gasteiger partial charge in [0.05, 0.1) is 4.90 Å². The van der Waals surface area contributed by atoms with E-state index in [1.165, 1.54) is 11.1 Å². The largest absolute Gasteiger partial charge is 0.356 e. The first-order valence-electron chi connectivity index (χ1n) is 8.98. The number of rotatable bonds is 8. The summed E-state index contributed by atoms with van der Waals surface area (Å²) in [6.45, 7) is 5.68. The lowest BCUT2D eigenvalue weighted by molar-refractivity contribution is 0.580. The van der Waals surface area contributed by atoms with E-state index >= 15 is 0 Å². The van der Waals surface area contributed by atoms with E-state index in [9.17, 15) is 8.42 Å². The van der Waals surface area contributed by atoms with Crippen LogP contribution in [-0.2, 0) is 10.0 Å². The molecule has 1 atom stereocenters. The predicted molar refractivity (Wildman–Crippen MR) is 126 cm³/mol. The van der Waals surface area contributed by atoms with Crippen molar-refractivity contribution in [1.29, 1.82) is 0 Å². The fourth-order valence-corrected chi connectivity index (χ4v) is 3.67. The summed E-state index contributed by atoms with van der Waals surface area (Å²) in [5, 5.41) is 6.40. The molecule has 28 heavy (non-hydrogen) atoms. The van der Waals surface area contributed by atoms with Crippen LogP contribution in [0.4, 0.5) is 0 Å². The zero-order valence-corrected chi connectivity index (χ0v) is 19.6. The molecule has 3 N–H and O–H groups in total. The third-order valence-electron chi connectivity index (χ3n) is 4.17. The second kappa shape index (κ2) is 12.0. The summed E-state index contributed by atoms with van der Waals surface area (Å²) in [5.41, 5.74) is 2.51. The minimum absolute atomic E-state index is 0. The van der Waals surface area contributed by atoms with Gasteiger partial charge in [0.1, 0.15) is 0 Å². The number of hydrogen-bond donors (Lipinski definition) is 3. The van der Waals surface area contributed by atoms with E-state index < -0.39 is 10.0 Å². The Labute approximate surface area is 185 Å². The van der Waals surface area contributed by atoms with Crippen LogP contribution in [-0.4, -0.2) is 41.1 Å². The van der Waals surface area contributed by atoms with E-state index in [0.29, 0.717) is 18.4 Å². The Morgan fingerprint density at radius 1 is 1.04 bits per heavy atom. The number of benzene rings is 2. The Morgan fingerprint density at radius 3 is 2.39 bits per heavy atom. The summed E-state index contributed by atoms with van der Waals surface area (Å²) in [7, 11) is -1.79. The van der Waals surface area contributed by atoms with E-state index in [0.717, 1.165) is 6.54 Å². The fourth-order valence-electron chi connectivity index (χ4n) is 2.61. The van der Waals surface area contributed by atoms with Gasteiger partial charge in [-0.25, -0.2) is 13.1 Å². The number of aryl methyl sites for hydroxylation is 1. The van der Waals surface area contributed by atoms with Crippen molar-refractivity contribution in [3.8, 4) is 0 Å². The SMILES string of the molecule is CN=C(NCCNS(=O)(=O)c1ccccc1)NCC(C)c1cccc(C)c1.I. The van der Waals surface area contributed by atoms with Crippen LogP contribution >= 0.6 is 24.0 Å². The number of hydrogen-bond acceptors (Lipinski definition) is 3. The van der Waals surface area contributed by atoms with Gasteiger partial charge in [0.25, 0.3) is 0 Å². The summed E-state index contributed by atoms with van der Waals surface area (Å²) in [6.07, 6.45) is 0. The maximum Gasteiger partial charge on any atom is 0.240 e. The van der Waals surface area contributed by atoms with Crippen molar-refractivity contribution in [2.45, 2.75) is 24.7 Å². The summed E-state index contributed by atoms with van der Waals surface area (Å²) in [5.74, 6) is 0.980. The first-order chi connectivity index (χ1) is 12.9. The van der Waals surface area contributed by atoms with Crippen LogP contribution in [0.2, 0.25) is 0 Å². The lowest BCUT2D eigenvalue weighted by atomic mass is 9.99. The lowest BCUT2D eigenvalue weighted by Gasteiger charge is -2.17. The number of sulfonamides is 1. The second-order valence-electron chi connectivity index (χ2n) is 6.41. The monoisotopic (exact) mass is 516 g/mol. The summed E-state index contributed by atoms with van der Waals surface area (Å²) < 4.78 is 26.9. The molecule has 0 heterocycles. The maximum absolute atomic E-state index is 12.2. The van der Waals surface area contributed by atoms with Crippen LogP contribution in [0, 0.1) is 6.92 Å². The fraction of sp³-hybridized carbons (Fsp3) is 0.350. The molecular weight excluding hydrogens is 487 g/mol. The molecule has 0 aliphatic carbocycles. The smallest absolute Gasteiger partial charge is 0.240 e. The third kappa shape index (κ3) is 7.76. The summed E-state index contributed by atoms with van der Waals surface area (Å²) in [4.78, 5) is 4.44. The molecule has 0 aromatic heterocycles. The summed E-state index contributed by atoms with van der Waals surface area (Å²) >= 11 is 0. The van der Waals surface area contributed by atoms with Gasteiger partial charge in [-0.05, 0) is 30.5 Å². The lowest BCUT2D eigenvalue weighted by Crippen LogP contribution is -2.42. The van der Waals surface area contributed by atoms with Crippen LogP contribution in [0.5, 0.6) is 0 Å². The molecule has 0 radical (unpaired) electrons. The highest BCUT2D eigenvalue weighted by molar-refractivity contribution is 14.0. The molecule has 2 aromatic carbocycles. The predicted octanol–water partition coefficient (Wildman–Crippen LogP) is 2.86. The minimum Gasteiger partial charge on any atom is -0.356 e. The highest BCUT2D eigenvalue weighted by Gasteiger charge is 2.12. The molecule has 0 aliphatic rings. The van der Waals surface area contributed by atoms with Crippen molar-refractivity contribution in [2.75, 3.05) is 26.7 Å².